The van der Waals surface area contributed by atoms with Crippen LogP contribution in [0.5, 0.6) is 5.75 Å². The number of nitrogens with one attached hydrogen (secondary N) is 2. The number of hydrogen-bond donors (Lipinski definition) is 2. The summed E-state index contributed by atoms with van der Waals surface area (Å²) in [5.41, 5.74) is 5.12. The van der Waals surface area contributed by atoms with Gasteiger partial charge in [0, 0.05) is 23.5 Å². The van der Waals surface area contributed by atoms with E-state index in [0.29, 0.717) is 40.0 Å². The van der Waals surface area contributed by atoms with Gasteiger partial charge in [0.2, 0.25) is 5.91 Å². The summed E-state index contributed by atoms with van der Waals surface area (Å²) in [5.74, 6) is 0.227. The molecule has 0 radical (unpaired) electrons. The summed E-state index contributed by atoms with van der Waals surface area (Å²) in [6.07, 6.45) is -1.79. The van der Waals surface area contributed by atoms with Gasteiger partial charge < -0.3 is 15.4 Å². The van der Waals surface area contributed by atoms with E-state index < -0.39 is 12.4 Å². The molecule has 1 saturated heterocycles. The average Bonchev–Trinajstić information content (AvgIpc) is 3.66. The summed E-state index contributed by atoms with van der Waals surface area (Å²) < 4.78 is 42.8. The minimum atomic E-state index is -4.78. The van der Waals surface area contributed by atoms with Crippen LogP contribution in [0.3, 0.4) is 0 Å². The fourth-order valence-corrected chi connectivity index (χ4v) is 5.84. The second-order valence-corrected chi connectivity index (χ2v) is 11.9. The zero-order valence-electron chi connectivity index (χ0n) is 26.3. The molecule has 3 aromatic carbocycles. The van der Waals surface area contributed by atoms with E-state index in [9.17, 15) is 22.8 Å². The van der Waals surface area contributed by atoms with Crippen molar-refractivity contribution in [1.82, 2.24) is 14.8 Å². The molecule has 0 saturated carbocycles. The number of benzene rings is 3. The van der Waals surface area contributed by atoms with Gasteiger partial charge in [-0.3, -0.25) is 9.69 Å². The number of carbonyl (C=O) groups is 2. The summed E-state index contributed by atoms with van der Waals surface area (Å²) >= 11 is 1.22. The second-order valence-electron chi connectivity index (χ2n) is 11.0. The third-order valence-corrected chi connectivity index (χ3v) is 8.17. The largest absolute Gasteiger partial charge is 0.573 e. The highest BCUT2D eigenvalue weighted by molar-refractivity contribution is 8.15. The predicted octanol–water partition coefficient (Wildman–Crippen LogP) is 8.01. The third-order valence-electron chi connectivity index (χ3n) is 7.25. The number of alkyl halides is 3. The number of aryl methyl sites for hydroxylation is 1. The van der Waals surface area contributed by atoms with Crippen molar-refractivity contribution in [3.05, 3.63) is 78.1 Å². The van der Waals surface area contributed by atoms with Crippen LogP contribution >= 0.6 is 11.8 Å². The molecule has 2 heterocycles. The number of thioether (sulfide) groups is 1. The molecule has 4 aromatic rings. The number of halogens is 3. The van der Waals surface area contributed by atoms with Crippen molar-refractivity contribution in [3.63, 3.8) is 0 Å². The van der Waals surface area contributed by atoms with Crippen molar-refractivity contribution in [2.24, 2.45) is 4.99 Å². The molecule has 47 heavy (non-hydrogen) atoms. The van der Waals surface area contributed by atoms with E-state index in [2.05, 4.69) is 51.2 Å². The minimum absolute atomic E-state index is 0.142. The van der Waals surface area contributed by atoms with Gasteiger partial charge in [0.15, 0.2) is 11.0 Å². The lowest BCUT2D eigenvalue weighted by Crippen LogP contribution is -2.31. The number of aliphatic imine (C=N–C) groups is 1. The zero-order valence-corrected chi connectivity index (χ0v) is 27.1. The molecule has 0 unspecified atom stereocenters. The Morgan fingerprint density at radius 3 is 2.53 bits per heavy atom. The van der Waals surface area contributed by atoms with Crippen molar-refractivity contribution in [3.8, 4) is 22.8 Å². The van der Waals surface area contributed by atoms with Crippen LogP contribution < -0.4 is 20.3 Å². The Bertz CT molecular complexity index is 1790. The number of amides is 3. The van der Waals surface area contributed by atoms with Gasteiger partial charge in [0.1, 0.15) is 12.1 Å². The molecule has 0 spiro atoms. The van der Waals surface area contributed by atoms with E-state index in [1.165, 1.54) is 51.9 Å². The highest BCUT2D eigenvalue weighted by Gasteiger charge is 2.33. The SMILES string of the molecule is CCCNc1ccc(C(C)C)c(N2C(=O)CSC2=NC(=O)Nc2ccc(-c3ncn(-c4ccc(OC(F)(F)F)cc4)n3)cc2CC)c1. The molecule has 1 aromatic heterocycles. The maximum absolute atomic E-state index is 13.2. The number of hydrogen-bond acceptors (Lipinski definition) is 7. The van der Waals surface area contributed by atoms with Gasteiger partial charge in [0.25, 0.3) is 0 Å². The van der Waals surface area contributed by atoms with E-state index in [1.807, 2.05) is 31.2 Å². The van der Waals surface area contributed by atoms with Crippen LogP contribution in [0.2, 0.25) is 0 Å². The standard InChI is InChI=1S/C33H34F3N7O3S/c1-5-15-37-23-8-13-26(20(3)4)28(17-23)43-29(44)18-47-32(43)40-31(45)39-27-14-7-22(16-21(27)6-2)30-38-19-42(41-30)24-9-11-25(12-10-24)46-33(34,35)36/h7-14,16-17,19-20,37H,5-6,15,18H2,1-4H3,(H,39,45). The Hall–Kier alpha value is -4.85. The van der Waals surface area contributed by atoms with Crippen LogP contribution in [-0.2, 0) is 11.2 Å². The Balaban J connectivity index is 1.34. The van der Waals surface area contributed by atoms with Gasteiger partial charge in [-0.25, -0.2) is 14.5 Å². The number of carbonyl (C=O) groups excluding carboxylic acids is 2. The Morgan fingerprint density at radius 2 is 1.85 bits per heavy atom. The highest BCUT2D eigenvalue weighted by atomic mass is 32.2. The van der Waals surface area contributed by atoms with E-state index in [1.54, 1.807) is 12.1 Å². The quantitative estimate of drug-likeness (QED) is 0.176. The van der Waals surface area contributed by atoms with Gasteiger partial charge >= 0.3 is 12.4 Å². The maximum Gasteiger partial charge on any atom is 0.573 e. The molecular formula is C33H34F3N7O3S. The molecule has 0 bridgehead atoms. The van der Waals surface area contributed by atoms with Gasteiger partial charge in [0.05, 0.1) is 17.1 Å². The van der Waals surface area contributed by atoms with Crippen LogP contribution in [0.4, 0.5) is 35.0 Å². The Labute approximate surface area is 274 Å². The second kappa shape index (κ2) is 14.3. The molecule has 2 N–H and O–H groups in total. The van der Waals surface area contributed by atoms with Gasteiger partial charge in [-0.2, -0.15) is 4.99 Å². The molecule has 0 aliphatic carbocycles. The monoisotopic (exact) mass is 665 g/mol. The summed E-state index contributed by atoms with van der Waals surface area (Å²) in [6.45, 7) is 8.92. The summed E-state index contributed by atoms with van der Waals surface area (Å²) in [4.78, 5) is 36.5. The molecule has 0 atom stereocenters. The average molecular weight is 666 g/mol. The number of anilines is 3. The molecule has 10 nitrogen and oxygen atoms in total. The van der Waals surface area contributed by atoms with Gasteiger partial charge in [-0.05, 0) is 84.5 Å². The van der Waals surface area contributed by atoms with Crippen molar-refractivity contribution < 1.29 is 27.5 Å². The topological polar surface area (TPSA) is 114 Å². The van der Waals surface area contributed by atoms with Crippen LogP contribution in [-0.4, -0.2) is 50.5 Å². The highest BCUT2D eigenvalue weighted by Crippen LogP contribution is 2.36. The molecule has 1 aliphatic heterocycles. The first kappa shape index (κ1) is 33.5. The first-order chi connectivity index (χ1) is 22.5. The van der Waals surface area contributed by atoms with E-state index in [0.717, 1.165) is 29.8 Å². The third kappa shape index (κ3) is 8.12. The molecule has 14 heteroatoms. The van der Waals surface area contributed by atoms with Crippen molar-refractivity contribution in [2.45, 2.75) is 52.8 Å². The van der Waals surface area contributed by atoms with Crippen molar-refractivity contribution in [1.29, 1.82) is 0 Å². The first-order valence-corrected chi connectivity index (χ1v) is 16.1. The molecule has 3 amide bonds. The molecular weight excluding hydrogens is 631 g/mol. The predicted molar refractivity (Wildman–Crippen MR) is 179 cm³/mol. The number of rotatable bonds is 10. The molecule has 1 fully saturated rings. The fraction of sp³-hybridized carbons (Fsp3) is 0.303. The van der Waals surface area contributed by atoms with Crippen molar-refractivity contribution in [2.75, 3.05) is 27.8 Å². The maximum atomic E-state index is 13.2. The van der Waals surface area contributed by atoms with Crippen LogP contribution in [0.1, 0.15) is 51.2 Å². The minimum Gasteiger partial charge on any atom is -0.406 e. The van der Waals surface area contributed by atoms with Crippen LogP contribution in [0.15, 0.2) is 72.0 Å². The number of urea groups is 1. The van der Waals surface area contributed by atoms with Gasteiger partial charge in [-0.15, -0.1) is 18.3 Å². The number of amidine groups is 1. The van der Waals surface area contributed by atoms with Crippen molar-refractivity contribution >= 4 is 45.9 Å². The number of ether oxygens (including phenoxy) is 1. The Kier molecular flexibility index (Phi) is 10.2. The fourth-order valence-electron chi connectivity index (χ4n) is 4.98. The first-order valence-electron chi connectivity index (χ1n) is 15.1. The molecule has 246 valence electrons. The lowest BCUT2D eigenvalue weighted by Gasteiger charge is -2.23. The summed E-state index contributed by atoms with van der Waals surface area (Å²) in [5, 5.41) is 11.0. The van der Waals surface area contributed by atoms with Gasteiger partial charge in [-0.1, -0.05) is 45.5 Å². The summed E-state index contributed by atoms with van der Waals surface area (Å²) in [7, 11) is 0. The molecule has 1 aliphatic rings. The Morgan fingerprint density at radius 1 is 1.09 bits per heavy atom. The zero-order chi connectivity index (χ0) is 33.7. The molecule has 5 rings (SSSR count). The number of aromatic nitrogens is 3. The van der Waals surface area contributed by atoms with E-state index >= 15 is 0 Å². The number of nitrogens with zero attached hydrogens (tertiary/aromatic N) is 5. The lowest BCUT2D eigenvalue weighted by atomic mass is 9.99. The van der Waals surface area contributed by atoms with Crippen LogP contribution in [0, 0.1) is 0 Å². The van der Waals surface area contributed by atoms with E-state index in [-0.39, 0.29) is 23.3 Å². The summed E-state index contributed by atoms with van der Waals surface area (Å²) in [6, 6.07) is 16.0. The normalized spacial score (nSPS) is 14.3. The smallest absolute Gasteiger partial charge is 0.406 e. The lowest BCUT2D eigenvalue weighted by molar-refractivity contribution is -0.274. The van der Waals surface area contributed by atoms with E-state index in [4.69, 9.17) is 0 Å². The van der Waals surface area contributed by atoms with Crippen LogP contribution in [0.25, 0.3) is 17.1 Å².